The molecule has 2 heteroatoms. The van der Waals surface area contributed by atoms with Gasteiger partial charge >= 0.3 is 0 Å². The Balaban J connectivity index is 0. The van der Waals surface area contributed by atoms with Gasteiger partial charge in [-0.3, -0.25) is 0 Å². The normalized spacial score (nSPS) is 12.8. The van der Waals surface area contributed by atoms with Crippen molar-refractivity contribution in [2.75, 3.05) is 0 Å². The number of hydrogen-bond acceptors (Lipinski definition) is 1. The van der Waals surface area contributed by atoms with Gasteiger partial charge in [0.1, 0.15) is 0 Å². The van der Waals surface area contributed by atoms with Crippen molar-refractivity contribution in [2.45, 2.75) is 13.0 Å². The van der Waals surface area contributed by atoms with Crippen LogP contribution in [-0.4, -0.2) is 11.2 Å². The summed E-state index contributed by atoms with van der Waals surface area (Å²) in [6.07, 6.45) is 4.83. The second-order valence-corrected chi connectivity index (χ2v) is 1.20. The Morgan fingerprint density at radius 1 is 1.75 bits per heavy atom. The molecule has 43 valence electrons. The second kappa shape index (κ2) is 7.54. The van der Waals surface area contributed by atoms with Crippen molar-refractivity contribution in [3.63, 3.8) is 0 Å². The fourth-order valence-corrected chi connectivity index (χ4v) is 0.195. The molecule has 0 aliphatic rings. The van der Waals surface area contributed by atoms with Gasteiger partial charge in [0, 0.05) is 32.7 Å². The standard InChI is InChI=1S/C6H8O.Y/c1-3-4-5-6(2)7;/h1,3-4,6-7H,2H3;/q-2;. The third-order valence-corrected chi connectivity index (χ3v) is 0.434. The molecule has 0 amide bonds. The van der Waals surface area contributed by atoms with Crippen molar-refractivity contribution in [2.24, 2.45) is 0 Å². The van der Waals surface area contributed by atoms with E-state index in [4.69, 9.17) is 11.7 Å². The van der Waals surface area contributed by atoms with Crippen LogP contribution >= 0.6 is 0 Å². The molecule has 1 atom stereocenters. The first-order valence-corrected chi connectivity index (χ1v) is 2.08. The van der Waals surface area contributed by atoms with Gasteiger partial charge in [0.2, 0.25) is 0 Å². The molecule has 0 saturated carbocycles. The van der Waals surface area contributed by atoms with Gasteiger partial charge in [0.05, 0.1) is 0 Å². The molecule has 0 saturated heterocycles. The Labute approximate surface area is 75.4 Å². The molecule has 1 N–H and O–H groups in total. The van der Waals surface area contributed by atoms with Gasteiger partial charge in [-0.15, -0.1) is 0 Å². The minimum Gasteiger partial charge on any atom is -0.410 e. The summed E-state index contributed by atoms with van der Waals surface area (Å²) in [4.78, 5) is 0. The number of allylic oxidation sites excluding steroid dienone is 2. The maximum absolute atomic E-state index is 8.47. The molecular weight excluding hydrogens is 177 g/mol. The monoisotopic (exact) mass is 185 g/mol. The SMILES string of the molecule is [CH-]=CC=[C-]C(C)O.[Y]. The molecule has 8 heavy (non-hydrogen) atoms. The minimum absolute atomic E-state index is 0. The van der Waals surface area contributed by atoms with Crippen molar-refractivity contribution in [3.8, 4) is 0 Å². The minimum atomic E-state index is -0.514. The average Bonchev–Trinajstić information content (AvgIpc) is 1.61. The number of hydrogen-bond donors (Lipinski definition) is 1. The van der Waals surface area contributed by atoms with Crippen LogP contribution in [0.25, 0.3) is 0 Å². The fraction of sp³-hybridized carbons (Fsp3) is 0.333. The number of aliphatic hydroxyl groups is 1. The van der Waals surface area contributed by atoms with E-state index < -0.39 is 6.10 Å². The van der Waals surface area contributed by atoms with Crippen LogP contribution in [0.5, 0.6) is 0 Å². The van der Waals surface area contributed by atoms with Crippen LogP contribution in [-0.2, 0) is 32.7 Å². The molecule has 0 spiro atoms. The van der Waals surface area contributed by atoms with E-state index in [9.17, 15) is 0 Å². The van der Waals surface area contributed by atoms with Crippen LogP contribution in [0.4, 0.5) is 0 Å². The summed E-state index contributed by atoms with van der Waals surface area (Å²) in [7, 11) is 0. The fourth-order valence-electron chi connectivity index (χ4n) is 0.195. The van der Waals surface area contributed by atoms with Crippen LogP contribution in [0, 0.1) is 12.7 Å². The Hall–Kier alpha value is 0.544. The van der Waals surface area contributed by atoms with E-state index in [0.717, 1.165) is 0 Å². The van der Waals surface area contributed by atoms with Crippen molar-refractivity contribution >= 4 is 0 Å². The molecule has 1 unspecified atom stereocenters. The zero-order valence-corrected chi connectivity index (χ0v) is 7.67. The maximum atomic E-state index is 8.47. The predicted octanol–water partition coefficient (Wildman–Crippen LogP) is 0.713. The van der Waals surface area contributed by atoms with Crippen molar-refractivity contribution in [3.05, 3.63) is 24.8 Å². The van der Waals surface area contributed by atoms with E-state index in [-0.39, 0.29) is 32.7 Å². The van der Waals surface area contributed by atoms with Gasteiger partial charge < -0.3 is 29.9 Å². The second-order valence-electron chi connectivity index (χ2n) is 1.20. The third-order valence-electron chi connectivity index (χ3n) is 0.434. The summed E-state index contributed by atoms with van der Waals surface area (Å²) in [5, 5.41) is 8.47. The van der Waals surface area contributed by atoms with E-state index in [2.05, 4.69) is 6.08 Å². The van der Waals surface area contributed by atoms with Gasteiger partial charge in [0.25, 0.3) is 0 Å². The topological polar surface area (TPSA) is 20.2 Å². The average molecular weight is 185 g/mol. The molecule has 1 radical (unpaired) electrons. The quantitative estimate of drug-likeness (QED) is 0.496. The van der Waals surface area contributed by atoms with Crippen LogP contribution in [0.2, 0.25) is 0 Å². The van der Waals surface area contributed by atoms with E-state index in [1.807, 2.05) is 0 Å². The zero-order valence-electron chi connectivity index (χ0n) is 4.83. The Morgan fingerprint density at radius 3 is 2.38 bits per heavy atom. The number of aliphatic hydroxyl groups excluding tert-OH is 1. The molecule has 0 aromatic rings. The molecule has 0 aliphatic heterocycles. The largest absolute Gasteiger partial charge is 0.410 e. The van der Waals surface area contributed by atoms with Crippen molar-refractivity contribution in [1.82, 2.24) is 0 Å². The Bertz CT molecular complexity index is 76.6. The molecule has 1 nitrogen and oxygen atoms in total. The van der Waals surface area contributed by atoms with Gasteiger partial charge in [-0.25, -0.2) is 0 Å². The van der Waals surface area contributed by atoms with Gasteiger partial charge in [-0.1, -0.05) is 6.92 Å². The molecule has 0 fully saturated rings. The van der Waals surface area contributed by atoms with E-state index in [1.165, 1.54) is 12.2 Å². The summed E-state index contributed by atoms with van der Waals surface area (Å²) in [5.41, 5.74) is 0. The van der Waals surface area contributed by atoms with Gasteiger partial charge in [0.15, 0.2) is 0 Å². The molecule has 0 aliphatic carbocycles. The first kappa shape index (κ1) is 11.4. The smallest absolute Gasteiger partial charge is 0 e. The van der Waals surface area contributed by atoms with Crippen LogP contribution < -0.4 is 0 Å². The Morgan fingerprint density at radius 2 is 2.25 bits per heavy atom. The summed E-state index contributed by atoms with van der Waals surface area (Å²) < 4.78 is 0. The van der Waals surface area contributed by atoms with Gasteiger partial charge in [-0.05, 0) is 6.10 Å². The molecule has 0 aromatic heterocycles. The van der Waals surface area contributed by atoms with Gasteiger partial charge in [-0.2, -0.15) is 0 Å². The van der Waals surface area contributed by atoms with Crippen LogP contribution in [0.1, 0.15) is 6.92 Å². The molecule has 0 aromatic carbocycles. The Kier molecular flexibility index (Phi) is 10.7. The van der Waals surface area contributed by atoms with E-state index in [1.54, 1.807) is 6.92 Å². The molecule has 0 heterocycles. The number of rotatable bonds is 2. The summed E-state index contributed by atoms with van der Waals surface area (Å²) in [6, 6.07) is 0. The van der Waals surface area contributed by atoms with Crippen LogP contribution in [0.15, 0.2) is 12.2 Å². The maximum Gasteiger partial charge on any atom is 0 e. The molecular formula is C6H8OY-2. The molecule has 0 rings (SSSR count). The van der Waals surface area contributed by atoms with Crippen molar-refractivity contribution in [1.29, 1.82) is 0 Å². The van der Waals surface area contributed by atoms with Crippen LogP contribution in [0.3, 0.4) is 0 Å². The zero-order chi connectivity index (χ0) is 5.70. The molecule has 0 bridgehead atoms. The summed E-state index contributed by atoms with van der Waals surface area (Å²) in [5.74, 6) is 0. The van der Waals surface area contributed by atoms with E-state index in [0.29, 0.717) is 0 Å². The first-order chi connectivity index (χ1) is 3.27. The predicted molar refractivity (Wildman–Crippen MR) is 28.4 cm³/mol. The summed E-state index contributed by atoms with van der Waals surface area (Å²) >= 11 is 0. The van der Waals surface area contributed by atoms with E-state index >= 15 is 0 Å². The third kappa shape index (κ3) is 9.74. The first-order valence-electron chi connectivity index (χ1n) is 2.08. The van der Waals surface area contributed by atoms with Crippen molar-refractivity contribution < 1.29 is 37.8 Å². The summed E-state index contributed by atoms with van der Waals surface area (Å²) in [6.45, 7) is 6.53.